The van der Waals surface area contributed by atoms with Crippen molar-refractivity contribution in [1.29, 1.82) is 0 Å². The molecule has 4 aliphatic rings. The topological polar surface area (TPSA) is 99.3 Å². The fourth-order valence-electron chi connectivity index (χ4n) is 6.18. The molecule has 4 atom stereocenters. The SMILES string of the molecule is Cc1cc(Nc2cc(C3CCCO3)nc(N(C)[C@H]3C[C@H]4CCC[C@@H](C3)N4C(=O)CC3CC3)n2)n[nH]1. The lowest BCUT2D eigenvalue weighted by atomic mass is 9.81. The molecule has 0 radical (unpaired) electrons. The van der Waals surface area contributed by atoms with Gasteiger partial charge in [-0.05, 0) is 70.6 Å². The van der Waals surface area contributed by atoms with E-state index in [1.165, 1.54) is 19.3 Å². The number of carbonyl (C=O) groups excluding carboxylic acids is 1. The minimum Gasteiger partial charge on any atom is -0.372 e. The Morgan fingerprint density at radius 1 is 1.11 bits per heavy atom. The van der Waals surface area contributed by atoms with Crippen molar-refractivity contribution < 1.29 is 9.53 Å². The highest BCUT2D eigenvalue weighted by Gasteiger charge is 2.43. The van der Waals surface area contributed by atoms with Crippen molar-refractivity contribution in [3.05, 3.63) is 23.5 Å². The van der Waals surface area contributed by atoms with E-state index in [2.05, 4.69) is 32.4 Å². The second kappa shape index (κ2) is 9.41. The lowest BCUT2D eigenvalue weighted by Crippen LogP contribution is -2.58. The maximum absolute atomic E-state index is 13.1. The normalized spacial score (nSPS) is 28.2. The van der Waals surface area contributed by atoms with Crippen LogP contribution in [0.4, 0.5) is 17.6 Å². The van der Waals surface area contributed by atoms with E-state index < -0.39 is 0 Å². The summed E-state index contributed by atoms with van der Waals surface area (Å²) in [5.41, 5.74) is 1.92. The molecule has 188 valence electrons. The number of rotatable bonds is 7. The summed E-state index contributed by atoms with van der Waals surface area (Å²) in [6.45, 7) is 2.76. The van der Waals surface area contributed by atoms with Crippen LogP contribution in [0.3, 0.4) is 0 Å². The van der Waals surface area contributed by atoms with E-state index in [4.69, 9.17) is 14.7 Å². The van der Waals surface area contributed by atoms with Crippen LogP contribution in [0.1, 0.15) is 81.7 Å². The molecule has 1 saturated carbocycles. The number of amides is 1. The molecule has 35 heavy (non-hydrogen) atoms. The smallest absolute Gasteiger partial charge is 0.227 e. The van der Waals surface area contributed by atoms with Crippen LogP contribution in [0.15, 0.2) is 12.1 Å². The largest absolute Gasteiger partial charge is 0.372 e. The number of ether oxygens (including phenoxy) is 1. The van der Waals surface area contributed by atoms with E-state index in [0.717, 1.165) is 74.6 Å². The van der Waals surface area contributed by atoms with Crippen molar-refractivity contribution >= 4 is 23.5 Å². The van der Waals surface area contributed by atoms with Gasteiger partial charge in [-0.3, -0.25) is 9.89 Å². The first kappa shape index (κ1) is 22.8. The summed E-state index contributed by atoms with van der Waals surface area (Å²) in [5.74, 6) is 3.22. The molecule has 1 aliphatic carbocycles. The molecule has 3 aliphatic heterocycles. The number of carbonyl (C=O) groups is 1. The summed E-state index contributed by atoms with van der Waals surface area (Å²) >= 11 is 0. The molecule has 2 aromatic heterocycles. The first-order valence-electron chi connectivity index (χ1n) is 13.4. The summed E-state index contributed by atoms with van der Waals surface area (Å²) in [5, 5.41) is 10.6. The molecule has 9 nitrogen and oxygen atoms in total. The standard InChI is InChI=1S/C26H37N7O2/c1-16-11-24(31-30-16)28-23-15-21(22-7-4-10-35-22)27-26(29-23)32(2)20-13-18-5-3-6-19(14-20)33(18)25(34)12-17-8-9-17/h11,15,17-20,22H,3-10,12-14H2,1-2H3,(H2,27,28,29,30,31)/t18-,19+,20+,22?. The zero-order valence-corrected chi connectivity index (χ0v) is 20.9. The van der Waals surface area contributed by atoms with Crippen LogP contribution in [0, 0.1) is 12.8 Å². The van der Waals surface area contributed by atoms with Crippen LogP contribution >= 0.6 is 0 Å². The van der Waals surface area contributed by atoms with Gasteiger partial charge in [0.1, 0.15) is 5.82 Å². The Bertz CT molecular complexity index is 1050. The zero-order valence-electron chi connectivity index (χ0n) is 20.9. The molecule has 9 heteroatoms. The highest BCUT2D eigenvalue weighted by molar-refractivity contribution is 5.77. The number of anilines is 3. The summed E-state index contributed by atoms with van der Waals surface area (Å²) < 4.78 is 5.96. The average Bonchev–Trinajstić information content (AvgIpc) is 3.30. The predicted octanol–water partition coefficient (Wildman–Crippen LogP) is 4.25. The maximum Gasteiger partial charge on any atom is 0.227 e. The van der Waals surface area contributed by atoms with Gasteiger partial charge >= 0.3 is 0 Å². The summed E-state index contributed by atoms with van der Waals surface area (Å²) in [6.07, 6.45) is 10.7. The lowest BCUT2D eigenvalue weighted by molar-refractivity contribution is -0.141. The average molecular weight is 480 g/mol. The number of aromatic amines is 1. The van der Waals surface area contributed by atoms with Gasteiger partial charge in [-0.15, -0.1) is 0 Å². The van der Waals surface area contributed by atoms with Crippen molar-refractivity contribution in [1.82, 2.24) is 25.1 Å². The van der Waals surface area contributed by atoms with Crippen LogP contribution in [0.5, 0.6) is 0 Å². The molecule has 2 bridgehead atoms. The van der Waals surface area contributed by atoms with Crippen molar-refractivity contribution in [3.63, 3.8) is 0 Å². The number of piperidine rings is 2. The number of hydrogen-bond acceptors (Lipinski definition) is 7. The fourth-order valence-corrected chi connectivity index (χ4v) is 6.18. The van der Waals surface area contributed by atoms with Crippen LogP contribution < -0.4 is 10.2 Å². The molecule has 0 aromatic carbocycles. The first-order chi connectivity index (χ1) is 17.0. The maximum atomic E-state index is 13.1. The minimum atomic E-state index is 0.00731. The van der Waals surface area contributed by atoms with Gasteiger partial charge < -0.3 is 19.9 Å². The van der Waals surface area contributed by atoms with Gasteiger partial charge in [-0.1, -0.05) is 0 Å². The van der Waals surface area contributed by atoms with Gasteiger partial charge in [-0.25, -0.2) is 4.98 Å². The summed E-state index contributed by atoms with van der Waals surface area (Å²) in [6, 6.07) is 4.95. The molecule has 2 N–H and O–H groups in total. The highest BCUT2D eigenvalue weighted by atomic mass is 16.5. The molecule has 4 fully saturated rings. The molecule has 2 aromatic rings. The van der Waals surface area contributed by atoms with Crippen LogP contribution in [-0.4, -0.2) is 62.8 Å². The third-order valence-electron chi connectivity index (χ3n) is 8.22. The van der Waals surface area contributed by atoms with E-state index in [-0.39, 0.29) is 6.10 Å². The Kier molecular flexibility index (Phi) is 6.12. The van der Waals surface area contributed by atoms with Crippen molar-refractivity contribution in [2.45, 2.75) is 95.4 Å². The van der Waals surface area contributed by atoms with Gasteiger partial charge in [0.15, 0.2) is 5.82 Å². The molecular weight excluding hydrogens is 442 g/mol. The van der Waals surface area contributed by atoms with E-state index >= 15 is 0 Å². The molecule has 1 amide bonds. The van der Waals surface area contributed by atoms with Crippen LogP contribution in [-0.2, 0) is 9.53 Å². The van der Waals surface area contributed by atoms with E-state index in [9.17, 15) is 4.79 Å². The predicted molar refractivity (Wildman–Crippen MR) is 134 cm³/mol. The zero-order chi connectivity index (χ0) is 23.9. The van der Waals surface area contributed by atoms with Crippen molar-refractivity contribution in [2.24, 2.45) is 5.92 Å². The summed E-state index contributed by atoms with van der Waals surface area (Å²) in [4.78, 5) is 27.5. The number of H-pyrrole nitrogens is 1. The third kappa shape index (κ3) is 4.87. The Balaban J connectivity index is 1.23. The number of aryl methyl sites for hydroxylation is 1. The number of nitrogens with zero attached hydrogens (tertiary/aromatic N) is 5. The van der Waals surface area contributed by atoms with Crippen LogP contribution in [0.2, 0.25) is 0 Å². The second-order valence-corrected chi connectivity index (χ2v) is 11.0. The molecule has 3 saturated heterocycles. The molecule has 0 spiro atoms. The quantitative estimate of drug-likeness (QED) is 0.612. The van der Waals surface area contributed by atoms with Crippen molar-refractivity contribution in [2.75, 3.05) is 23.9 Å². The lowest BCUT2D eigenvalue weighted by Gasteiger charge is -2.50. The monoisotopic (exact) mass is 479 g/mol. The molecule has 6 rings (SSSR count). The van der Waals surface area contributed by atoms with E-state index in [1.807, 2.05) is 19.1 Å². The number of fused-ring (bicyclic) bond motifs is 2. The minimum absolute atomic E-state index is 0.00731. The van der Waals surface area contributed by atoms with Gasteiger partial charge in [0.05, 0.1) is 11.8 Å². The number of nitrogens with one attached hydrogen (secondary N) is 2. The van der Waals surface area contributed by atoms with E-state index in [0.29, 0.717) is 35.9 Å². The van der Waals surface area contributed by atoms with Crippen molar-refractivity contribution in [3.8, 4) is 0 Å². The number of aromatic nitrogens is 4. The van der Waals surface area contributed by atoms with Gasteiger partial charge in [0.25, 0.3) is 0 Å². The summed E-state index contributed by atoms with van der Waals surface area (Å²) in [7, 11) is 2.11. The molecule has 1 unspecified atom stereocenters. The Morgan fingerprint density at radius 3 is 2.57 bits per heavy atom. The second-order valence-electron chi connectivity index (χ2n) is 11.0. The first-order valence-corrected chi connectivity index (χ1v) is 13.4. The van der Waals surface area contributed by atoms with E-state index in [1.54, 1.807) is 0 Å². The van der Waals surface area contributed by atoms with Gasteiger partial charge in [0.2, 0.25) is 11.9 Å². The number of hydrogen-bond donors (Lipinski definition) is 2. The Labute approximate surface area is 207 Å². The highest BCUT2D eigenvalue weighted by Crippen LogP contribution is 2.40. The van der Waals surface area contributed by atoms with Gasteiger partial charge in [0, 0.05) is 56.0 Å². The van der Waals surface area contributed by atoms with Crippen LogP contribution in [0.25, 0.3) is 0 Å². The molecular formula is C26H37N7O2. The third-order valence-corrected chi connectivity index (χ3v) is 8.22. The molecule has 5 heterocycles. The van der Waals surface area contributed by atoms with Gasteiger partial charge in [-0.2, -0.15) is 10.1 Å². The fraction of sp³-hybridized carbons (Fsp3) is 0.692. The Morgan fingerprint density at radius 2 is 1.91 bits per heavy atom. The Hall–Kier alpha value is -2.68.